The first kappa shape index (κ1) is 7.14. The summed E-state index contributed by atoms with van der Waals surface area (Å²) < 4.78 is 0.931. The topological polar surface area (TPSA) is 41.6 Å². The third kappa shape index (κ3) is 2.01. The lowest BCUT2D eigenvalue weighted by molar-refractivity contribution is 1.02. The fourth-order valence-corrected chi connectivity index (χ4v) is 1.23. The summed E-state index contributed by atoms with van der Waals surface area (Å²) in [4.78, 5) is 10.1. The fourth-order valence-electron chi connectivity index (χ4n) is 0.374. The minimum atomic E-state index is 0.274. The predicted octanol–water partition coefficient (Wildman–Crippen LogP) is -0.0674. The highest BCUT2D eigenvalue weighted by Crippen LogP contribution is 1.88. The second-order valence-electron chi connectivity index (χ2n) is 1.31. The van der Waals surface area contributed by atoms with Crippen LogP contribution in [0, 0.1) is 8.60 Å². The Kier molecular flexibility index (Phi) is 2.17. The molecule has 9 heavy (non-hydrogen) atoms. The van der Waals surface area contributed by atoms with Crippen LogP contribution >= 0.6 is 34.8 Å². The fraction of sp³-hybridized carbons (Fsp3) is 0. The number of aromatic nitrogens is 3. The molecule has 0 aliphatic rings. The molecule has 6 heteroatoms. The molecule has 0 saturated heterocycles. The van der Waals surface area contributed by atoms with Crippen LogP contribution in [0.5, 0.6) is 0 Å². The van der Waals surface area contributed by atoms with E-state index >= 15 is 0 Å². The highest BCUT2D eigenvalue weighted by atomic mass is 127. The summed E-state index contributed by atoms with van der Waals surface area (Å²) in [7, 11) is 5.28. The molecule has 0 atom stereocenters. The van der Waals surface area contributed by atoms with Crippen molar-refractivity contribution in [2.75, 3.05) is 0 Å². The maximum absolute atomic E-state index is 5.28. The molecule has 44 valence electrons. The second kappa shape index (κ2) is 2.74. The summed E-state index contributed by atoms with van der Waals surface area (Å²) in [5.74, 6) is 0. The molecule has 0 aromatic carbocycles. The maximum atomic E-state index is 5.28. The van der Waals surface area contributed by atoms with Crippen LogP contribution in [0.2, 0.25) is 0 Å². The first-order valence-electron chi connectivity index (χ1n) is 2.08. The van der Waals surface area contributed by atoms with Gasteiger partial charge in [-0.25, -0.2) is 4.98 Å². The van der Waals surface area contributed by atoms with Gasteiger partial charge in [-0.2, -0.15) is 4.98 Å². The van der Waals surface area contributed by atoms with Gasteiger partial charge in [0.15, 0.2) is 11.7 Å². The van der Waals surface area contributed by atoms with E-state index in [-0.39, 0.29) is 4.77 Å². The molecule has 0 fully saturated rings. The summed E-state index contributed by atoms with van der Waals surface area (Å²) in [6.07, 6.45) is 0. The maximum Gasteiger partial charge on any atom is 0.222 e. The molecular weight excluding hydrogens is 248 g/mol. The molecule has 0 aliphatic carbocycles. The molecule has 1 aromatic rings. The third-order valence-electron chi connectivity index (χ3n) is 0.641. The van der Waals surface area contributed by atoms with Gasteiger partial charge in [0.1, 0.15) is 0 Å². The lowest BCUT2D eigenvalue weighted by Crippen LogP contribution is -2.15. The van der Waals surface area contributed by atoms with Crippen molar-refractivity contribution >= 4 is 48.4 Å². The molecule has 1 rings (SSSR count). The van der Waals surface area contributed by atoms with E-state index in [1.807, 2.05) is 22.6 Å². The number of halogens is 1. The highest BCUT2D eigenvalue weighted by Gasteiger charge is 1.88. The lowest BCUT2D eigenvalue weighted by Gasteiger charge is -1.91. The van der Waals surface area contributed by atoms with E-state index < -0.39 is 0 Å². The van der Waals surface area contributed by atoms with Crippen molar-refractivity contribution in [3.8, 4) is 0 Å². The molecule has 0 saturated carbocycles. The van der Waals surface area contributed by atoms with Crippen LogP contribution in [-0.2, 0) is 0 Å². The highest BCUT2D eigenvalue weighted by molar-refractivity contribution is 14.1. The molecule has 2 radical (unpaired) electrons. The number of hydrogen-bond donors (Lipinski definition) is 1. The Hall–Kier alpha value is 0.0249. The zero-order chi connectivity index (χ0) is 6.85. The van der Waals surface area contributed by atoms with Crippen LogP contribution in [0.4, 0.5) is 0 Å². The van der Waals surface area contributed by atoms with Crippen molar-refractivity contribution in [3.63, 3.8) is 0 Å². The Balaban J connectivity index is 3.33. The summed E-state index contributed by atoms with van der Waals surface area (Å²) in [6.45, 7) is 0. The number of hydrogen-bond acceptors (Lipinski definition) is 3. The lowest BCUT2D eigenvalue weighted by atomic mass is 10.1. The van der Waals surface area contributed by atoms with Gasteiger partial charge in [-0.1, -0.05) is 0 Å². The number of nitrogens with zero attached hydrogens (tertiary/aromatic N) is 2. The molecule has 0 aliphatic heterocycles. The van der Waals surface area contributed by atoms with Gasteiger partial charge < -0.3 is 4.98 Å². The number of nitrogens with one attached hydrogen (secondary N) is 1. The van der Waals surface area contributed by atoms with E-state index in [1.165, 1.54) is 0 Å². The van der Waals surface area contributed by atoms with E-state index in [0.29, 0.717) is 9.55 Å². The van der Waals surface area contributed by atoms with Crippen molar-refractivity contribution in [1.29, 1.82) is 0 Å². The van der Waals surface area contributed by atoms with Crippen LogP contribution in [0.1, 0.15) is 0 Å². The first-order valence-corrected chi connectivity index (χ1v) is 3.56. The number of rotatable bonds is 0. The summed E-state index contributed by atoms with van der Waals surface area (Å²) in [5, 5.41) is 0. The van der Waals surface area contributed by atoms with Crippen molar-refractivity contribution in [1.82, 2.24) is 15.0 Å². The van der Waals surface area contributed by atoms with E-state index in [0.717, 1.165) is 0 Å². The van der Waals surface area contributed by atoms with E-state index in [9.17, 15) is 0 Å². The Morgan fingerprint density at radius 2 is 2.22 bits per heavy atom. The quantitative estimate of drug-likeness (QED) is 0.397. The van der Waals surface area contributed by atoms with Gasteiger partial charge in [0.25, 0.3) is 0 Å². The zero-order valence-electron chi connectivity index (χ0n) is 4.26. The van der Waals surface area contributed by atoms with Gasteiger partial charge >= 0.3 is 0 Å². The van der Waals surface area contributed by atoms with E-state index in [1.54, 1.807) is 0 Å². The number of H-pyrrole nitrogens is 1. The summed E-state index contributed by atoms with van der Waals surface area (Å²) in [5.41, 5.74) is 0.305. The predicted molar refractivity (Wildman–Crippen MR) is 45.3 cm³/mol. The average Bonchev–Trinajstić information content (AvgIpc) is 1.59. The normalized spacial score (nSPS) is 9.44. The largest absolute Gasteiger partial charge is 0.333 e. The van der Waals surface area contributed by atoms with Gasteiger partial charge in [0, 0.05) is 0 Å². The molecule has 0 bridgehead atoms. The van der Waals surface area contributed by atoms with Crippen LogP contribution in [0.15, 0.2) is 0 Å². The zero-order valence-corrected chi connectivity index (χ0v) is 7.23. The molecule has 3 nitrogen and oxygen atoms in total. The van der Waals surface area contributed by atoms with Crippen molar-refractivity contribution in [2.45, 2.75) is 0 Å². The molecule has 0 unspecified atom stereocenters. The van der Waals surface area contributed by atoms with Crippen LogP contribution in [0.3, 0.4) is 0 Å². The third-order valence-corrected chi connectivity index (χ3v) is 1.33. The van der Waals surface area contributed by atoms with Gasteiger partial charge in [0.05, 0.1) is 5.72 Å². The summed E-state index contributed by atoms with van der Waals surface area (Å²) >= 11 is 6.64. The van der Waals surface area contributed by atoms with Gasteiger partial charge in [-0.05, 0) is 34.8 Å². The summed E-state index contributed by atoms with van der Waals surface area (Å²) in [6, 6.07) is 0. The van der Waals surface area contributed by atoms with Gasteiger partial charge in [-0.15, -0.1) is 0 Å². The minimum Gasteiger partial charge on any atom is -0.333 e. The SMILES string of the molecule is [B]c1nc(=S)nc(I)[nH]1. The molecule has 1 aromatic heterocycles. The van der Waals surface area contributed by atoms with Crippen LogP contribution in [0.25, 0.3) is 0 Å². The smallest absolute Gasteiger partial charge is 0.222 e. The van der Waals surface area contributed by atoms with Gasteiger partial charge in [-0.3, -0.25) is 0 Å². The standard InChI is InChI=1S/C3HBIN3S/c4-1-6-2(5)8-3(9)7-1/h(H,6,7,8,9). The number of aromatic amines is 1. The minimum absolute atomic E-state index is 0.274. The van der Waals surface area contributed by atoms with Crippen molar-refractivity contribution < 1.29 is 0 Å². The Bertz CT molecular complexity index is 249. The van der Waals surface area contributed by atoms with E-state index in [2.05, 4.69) is 27.2 Å². The molecule has 1 heterocycles. The van der Waals surface area contributed by atoms with Gasteiger partial charge in [0.2, 0.25) is 4.77 Å². The molecule has 0 amide bonds. The molecule has 0 spiro atoms. The Morgan fingerprint density at radius 1 is 1.56 bits per heavy atom. The first-order chi connectivity index (χ1) is 4.18. The van der Waals surface area contributed by atoms with Crippen LogP contribution < -0.4 is 5.72 Å². The second-order valence-corrected chi connectivity index (χ2v) is 2.69. The molecular formula is C3HBIN3S. The van der Waals surface area contributed by atoms with Crippen molar-refractivity contribution in [2.24, 2.45) is 0 Å². The Morgan fingerprint density at radius 3 is 2.67 bits per heavy atom. The van der Waals surface area contributed by atoms with E-state index in [4.69, 9.17) is 7.85 Å². The Labute approximate surface area is 71.9 Å². The monoisotopic (exact) mass is 249 g/mol. The average molecular weight is 249 g/mol. The van der Waals surface area contributed by atoms with Crippen molar-refractivity contribution in [3.05, 3.63) is 8.60 Å². The molecule has 1 N–H and O–H groups in total. The van der Waals surface area contributed by atoms with Crippen LogP contribution in [-0.4, -0.2) is 22.8 Å².